The van der Waals surface area contributed by atoms with Crippen LogP contribution < -0.4 is 10.6 Å². The second-order valence-corrected chi connectivity index (χ2v) is 7.74. The molecule has 0 fully saturated rings. The van der Waals surface area contributed by atoms with Gasteiger partial charge in [0.15, 0.2) is 0 Å². The standard InChI is InChI=1S/C22H20N6O2S/c1-14-5-7-17(8-6-14)26-22-28-27-20(30-22)18-4-3-10-24-21(18)31-13-16-9-11-23-19(12-16)25-15(2)29/h3-12H,13H2,1-2H3,(H,26,28)(H,23,25,29). The SMILES string of the molecule is CC(=O)Nc1cc(CSc2ncccc2-c2nnc(Nc3ccc(C)cc3)o2)ccn1. The van der Waals surface area contributed by atoms with Crippen LogP contribution in [0.3, 0.4) is 0 Å². The number of pyridine rings is 2. The van der Waals surface area contributed by atoms with Crippen molar-refractivity contribution in [2.45, 2.75) is 24.6 Å². The molecular weight excluding hydrogens is 412 g/mol. The Kier molecular flexibility index (Phi) is 6.23. The lowest BCUT2D eigenvalue weighted by atomic mass is 10.2. The van der Waals surface area contributed by atoms with Gasteiger partial charge in [-0.05, 0) is 48.9 Å². The quantitative estimate of drug-likeness (QED) is 0.400. The van der Waals surface area contributed by atoms with Gasteiger partial charge in [0, 0.05) is 30.8 Å². The van der Waals surface area contributed by atoms with Crippen molar-refractivity contribution in [3.63, 3.8) is 0 Å². The fourth-order valence-corrected chi connectivity index (χ4v) is 3.71. The van der Waals surface area contributed by atoms with Crippen LogP contribution in [0.1, 0.15) is 18.1 Å². The molecule has 0 unspecified atom stereocenters. The number of hydrogen-bond acceptors (Lipinski definition) is 8. The summed E-state index contributed by atoms with van der Waals surface area (Å²) in [6, 6.07) is 15.7. The van der Waals surface area contributed by atoms with Crippen molar-refractivity contribution < 1.29 is 9.21 Å². The molecule has 31 heavy (non-hydrogen) atoms. The lowest BCUT2D eigenvalue weighted by Crippen LogP contribution is -2.07. The number of hydrogen-bond donors (Lipinski definition) is 2. The molecule has 1 amide bonds. The molecule has 0 spiro atoms. The van der Waals surface area contributed by atoms with Gasteiger partial charge in [0.25, 0.3) is 5.89 Å². The Morgan fingerprint density at radius 2 is 1.90 bits per heavy atom. The van der Waals surface area contributed by atoms with E-state index in [0.717, 1.165) is 21.8 Å². The minimum atomic E-state index is -0.157. The van der Waals surface area contributed by atoms with Crippen molar-refractivity contribution in [2.75, 3.05) is 10.6 Å². The number of amides is 1. The van der Waals surface area contributed by atoms with E-state index in [1.807, 2.05) is 55.5 Å². The number of carbonyl (C=O) groups is 1. The van der Waals surface area contributed by atoms with Gasteiger partial charge in [0.1, 0.15) is 10.8 Å². The first kappa shape index (κ1) is 20.5. The van der Waals surface area contributed by atoms with Crippen LogP contribution >= 0.6 is 11.8 Å². The molecule has 0 bridgehead atoms. The third kappa shape index (κ3) is 5.46. The predicted molar refractivity (Wildman–Crippen MR) is 120 cm³/mol. The molecule has 0 aliphatic rings. The monoisotopic (exact) mass is 432 g/mol. The first-order valence-corrected chi connectivity index (χ1v) is 10.5. The fraction of sp³-hybridized carbons (Fsp3) is 0.136. The Morgan fingerprint density at radius 3 is 2.71 bits per heavy atom. The molecule has 0 aliphatic heterocycles. The van der Waals surface area contributed by atoms with E-state index < -0.39 is 0 Å². The zero-order chi connectivity index (χ0) is 21.6. The molecule has 156 valence electrons. The highest BCUT2D eigenvalue weighted by Gasteiger charge is 2.14. The van der Waals surface area contributed by atoms with E-state index in [4.69, 9.17) is 4.42 Å². The number of aryl methyl sites for hydroxylation is 1. The van der Waals surface area contributed by atoms with Gasteiger partial charge >= 0.3 is 6.01 Å². The molecule has 1 aromatic carbocycles. The normalized spacial score (nSPS) is 10.6. The summed E-state index contributed by atoms with van der Waals surface area (Å²) >= 11 is 1.54. The summed E-state index contributed by atoms with van der Waals surface area (Å²) in [5, 5.41) is 14.8. The number of anilines is 3. The van der Waals surface area contributed by atoms with E-state index in [0.29, 0.717) is 23.5 Å². The van der Waals surface area contributed by atoms with Gasteiger partial charge in [-0.15, -0.1) is 16.9 Å². The summed E-state index contributed by atoms with van der Waals surface area (Å²) in [6.07, 6.45) is 3.39. The van der Waals surface area contributed by atoms with E-state index in [2.05, 4.69) is 30.8 Å². The molecule has 0 saturated heterocycles. The van der Waals surface area contributed by atoms with E-state index in [1.54, 1.807) is 12.4 Å². The Hall–Kier alpha value is -3.72. The smallest absolute Gasteiger partial charge is 0.320 e. The molecule has 0 saturated carbocycles. The Bertz CT molecular complexity index is 1190. The number of nitrogens with zero attached hydrogens (tertiary/aromatic N) is 4. The third-order valence-corrected chi connectivity index (χ3v) is 5.31. The van der Waals surface area contributed by atoms with Gasteiger partial charge in [-0.1, -0.05) is 22.8 Å². The highest BCUT2D eigenvalue weighted by atomic mass is 32.2. The van der Waals surface area contributed by atoms with Gasteiger partial charge in [-0.2, -0.15) is 0 Å². The summed E-state index contributed by atoms with van der Waals surface area (Å²) in [5.74, 6) is 1.40. The minimum absolute atomic E-state index is 0.157. The maximum atomic E-state index is 11.2. The topological polar surface area (TPSA) is 106 Å². The maximum Gasteiger partial charge on any atom is 0.320 e. The number of thioether (sulfide) groups is 1. The van der Waals surface area contributed by atoms with Crippen LogP contribution in [0.25, 0.3) is 11.5 Å². The van der Waals surface area contributed by atoms with Gasteiger partial charge in [-0.25, -0.2) is 9.97 Å². The van der Waals surface area contributed by atoms with Crippen molar-refractivity contribution in [3.8, 4) is 11.5 Å². The van der Waals surface area contributed by atoms with Crippen molar-refractivity contribution in [1.29, 1.82) is 0 Å². The predicted octanol–water partition coefficient (Wildman–Crippen LogP) is 4.83. The molecule has 3 heterocycles. The summed E-state index contributed by atoms with van der Waals surface area (Å²) in [4.78, 5) is 19.9. The molecule has 0 atom stereocenters. The molecule has 2 N–H and O–H groups in total. The van der Waals surface area contributed by atoms with Gasteiger partial charge in [0.05, 0.1) is 5.56 Å². The van der Waals surface area contributed by atoms with Crippen LogP contribution in [0.2, 0.25) is 0 Å². The van der Waals surface area contributed by atoms with E-state index in [1.165, 1.54) is 24.2 Å². The van der Waals surface area contributed by atoms with Crippen molar-refractivity contribution in [1.82, 2.24) is 20.2 Å². The summed E-state index contributed by atoms with van der Waals surface area (Å²) in [6.45, 7) is 3.48. The third-order valence-electron chi connectivity index (χ3n) is 4.23. The number of rotatable bonds is 7. The molecule has 4 aromatic rings. The highest BCUT2D eigenvalue weighted by molar-refractivity contribution is 7.98. The van der Waals surface area contributed by atoms with E-state index in [-0.39, 0.29) is 5.91 Å². The van der Waals surface area contributed by atoms with Crippen molar-refractivity contribution >= 4 is 35.2 Å². The fourth-order valence-electron chi connectivity index (χ4n) is 2.78. The first-order valence-electron chi connectivity index (χ1n) is 9.55. The van der Waals surface area contributed by atoms with Crippen LogP contribution in [0.5, 0.6) is 0 Å². The van der Waals surface area contributed by atoms with Crippen LogP contribution in [0.4, 0.5) is 17.5 Å². The van der Waals surface area contributed by atoms with E-state index in [9.17, 15) is 4.79 Å². The van der Waals surface area contributed by atoms with Crippen LogP contribution in [-0.4, -0.2) is 26.1 Å². The Morgan fingerprint density at radius 1 is 1.06 bits per heavy atom. The second kappa shape index (κ2) is 9.40. The minimum Gasteiger partial charge on any atom is -0.403 e. The Balaban J connectivity index is 1.48. The highest BCUT2D eigenvalue weighted by Crippen LogP contribution is 2.32. The molecular formula is C22H20N6O2S. The number of carbonyl (C=O) groups excluding carboxylic acids is 1. The molecule has 4 rings (SSSR count). The maximum absolute atomic E-state index is 11.2. The number of benzene rings is 1. The van der Waals surface area contributed by atoms with Crippen LogP contribution in [-0.2, 0) is 10.5 Å². The van der Waals surface area contributed by atoms with Gasteiger partial charge in [0.2, 0.25) is 5.91 Å². The van der Waals surface area contributed by atoms with Gasteiger partial charge in [-0.3, -0.25) is 4.79 Å². The average Bonchev–Trinajstić information content (AvgIpc) is 3.22. The molecule has 0 aliphatic carbocycles. The Labute approximate surface area is 183 Å². The molecule has 3 aromatic heterocycles. The first-order chi connectivity index (χ1) is 15.1. The number of nitrogens with one attached hydrogen (secondary N) is 2. The number of aromatic nitrogens is 4. The zero-order valence-electron chi connectivity index (χ0n) is 17.0. The lowest BCUT2D eigenvalue weighted by molar-refractivity contribution is -0.114. The van der Waals surface area contributed by atoms with Gasteiger partial charge < -0.3 is 15.1 Å². The van der Waals surface area contributed by atoms with Crippen molar-refractivity contribution in [2.24, 2.45) is 0 Å². The van der Waals surface area contributed by atoms with Crippen molar-refractivity contribution in [3.05, 3.63) is 72.1 Å². The average molecular weight is 433 g/mol. The molecule has 0 radical (unpaired) electrons. The molecule has 8 nitrogen and oxygen atoms in total. The van der Waals surface area contributed by atoms with Crippen LogP contribution in [0, 0.1) is 6.92 Å². The lowest BCUT2D eigenvalue weighted by Gasteiger charge is -2.07. The van der Waals surface area contributed by atoms with E-state index >= 15 is 0 Å². The molecule has 9 heteroatoms. The second-order valence-electron chi connectivity index (χ2n) is 6.78. The summed E-state index contributed by atoms with van der Waals surface area (Å²) < 4.78 is 5.82. The summed E-state index contributed by atoms with van der Waals surface area (Å²) in [5.41, 5.74) is 3.81. The summed E-state index contributed by atoms with van der Waals surface area (Å²) in [7, 11) is 0. The zero-order valence-corrected chi connectivity index (χ0v) is 17.8. The van der Waals surface area contributed by atoms with Crippen LogP contribution in [0.15, 0.2) is 70.4 Å². The largest absolute Gasteiger partial charge is 0.403 e.